The van der Waals surface area contributed by atoms with Crippen molar-refractivity contribution in [3.8, 4) is 17.2 Å². The Morgan fingerprint density at radius 2 is 1.46 bits per heavy atom. The molecule has 0 radical (unpaired) electrons. The molecular formula is C23H38O5. The van der Waals surface area contributed by atoms with Crippen LogP contribution >= 0.6 is 0 Å². The molecule has 1 rings (SSSR count). The molecule has 0 bridgehead atoms. The number of unbranched alkanes of at least 4 members (excludes halogenated alkanes) is 4. The Bertz CT molecular complexity index is 585. The van der Waals surface area contributed by atoms with Gasteiger partial charge in [-0.25, -0.2) is 0 Å². The molecule has 2 unspecified atom stereocenters. The van der Waals surface area contributed by atoms with Gasteiger partial charge < -0.3 is 19.3 Å². The maximum absolute atomic E-state index is 11.2. The molecule has 0 saturated heterocycles. The normalized spacial score (nSPS) is 13.0. The van der Waals surface area contributed by atoms with Crippen LogP contribution in [0, 0.1) is 0 Å². The van der Waals surface area contributed by atoms with Crippen LogP contribution in [0.3, 0.4) is 0 Å². The number of carboxylic acid groups (broad SMARTS) is 1. The molecule has 1 N–H and O–H groups in total. The van der Waals surface area contributed by atoms with E-state index in [4.69, 9.17) is 19.3 Å². The molecule has 0 amide bonds. The van der Waals surface area contributed by atoms with E-state index in [0.29, 0.717) is 22.8 Å². The molecular weight excluding hydrogens is 356 g/mol. The molecule has 0 aliphatic carbocycles. The van der Waals surface area contributed by atoms with Crippen LogP contribution in [-0.2, 0) is 11.2 Å². The predicted molar refractivity (Wildman–Crippen MR) is 113 cm³/mol. The lowest BCUT2D eigenvalue weighted by atomic mass is 10.1. The third-order valence-corrected chi connectivity index (χ3v) is 4.73. The lowest BCUT2D eigenvalue weighted by molar-refractivity contribution is -0.136. The minimum absolute atomic E-state index is 0.0223. The van der Waals surface area contributed by atoms with Crippen LogP contribution in [0.25, 0.3) is 0 Å². The van der Waals surface area contributed by atoms with Crippen molar-refractivity contribution < 1.29 is 24.1 Å². The summed E-state index contributed by atoms with van der Waals surface area (Å²) >= 11 is 0. The number of ether oxygens (including phenoxy) is 3. The third kappa shape index (κ3) is 8.85. The van der Waals surface area contributed by atoms with Crippen LogP contribution in [0.2, 0.25) is 0 Å². The van der Waals surface area contributed by atoms with E-state index in [1.54, 1.807) is 19.2 Å². The minimum Gasteiger partial charge on any atom is -0.493 e. The van der Waals surface area contributed by atoms with Gasteiger partial charge in [0.15, 0.2) is 11.5 Å². The third-order valence-electron chi connectivity index (χ3n) is 4.73. The number of aliphatic carboxylic acids is 1. The molecule has 1 aromatic carbocycles. The van der Waals surface area contributed by atoms with Gasteiger partial charge in [-0.2, -0.15) is 0 Å². The van der Waals surface area contributed by atoms with E-state index >= 15 is 0 Å². The Hall–Kier alpha value is -1.91. The van der Waals surface area contributed by atoms with Crippen LogP contribution in [-0.4, -0.2) is 30.4 Å². The number of methoxy groups -OCH3 is 1. The second-order valence-electron chi connectivity index (χ2n) is 7.54. The first-order valence-corrected chi connectivity index (χ1v) is 10.7. The Labute approximate surface area is 170 Å². The predicted octanol–water partition coefficient (Wildman–Crippen LogP) is 6.02. The first-order valence-electron chi connectivity index (χ1n) is 10.7. The number of rotatable bonds is 15. The lowest BCUT2D eigenvalue weighted by Gasteiger charge is -2.23. The summed E-state index contributed by atoms with van der Waals surface area (Å²) in [6.07, 6.45) is 8.79. The standard InChI is InChI=1S/C23H38O5/c1-6-8-10-12-17(3)27-21-15-19(16-22(24)25)14-20(26-5)23(21)28-18(4)13-11-9-7-2/h14-15,17-18H,6-13,16H2,1-5H3,(H,24,25). The van der Waals surface area contributed by atoms with Crippen molar-refractivity contribution in [2.45, 2.75) is 97.7 Å². The first kappa shape index (κ1) is 24.1. The van der Waals surface area contributed by atoms with Crippen molar-refractivity contribution in [3.05, 3.63) is 17.7 Å². The molecule has 160 valence electrons. The second-order valence-corrected chi connectivity index (χ2v) is 7.54. The summed E-state index contributed by atoms with van der Waals surface area (Å²) < 4.78 is 17.9. The second kappa shape index (κ2) is 13.3. The summed E-state index contributed by atoms with van der Waals surface area (Å²) in [5.41, 5.74) is 0.645. The van der Waals surface area contributed by atoms with Gasteiger partial charge in [-0.1, -0.05) is 39.5 Å². The van der Waals surface area contributed by atoms with Crippen molar-refractivity contribution in [1.82, 2.24) is 0 Å². The van der Waals surface area contributed by atoms with E-state index in [-0.39, 0.29) is 18.6 Å². The molecule has 0 aliphatic heterocycles. The number of benzene rings is 1. The van der Waals surface area contributed by atoms with Crippen molar-refractivity contribution >= 4 is 5.97 Å². The number of carboxylic acids is 1. The van der Waals surface area contributed by atoms with Gasteiger partial charge in [-0.05, 0) is 57.2 Å². The number of hydrogen-bond donors (Lipinski definition) is 1. The highest BCUT2D eigenvalue weighted by Crippen LogP contribution is 2.40. The van der Waals surface area contributed by atoms with Crippen LogP contribution < -0.4 is 14.2 Å². The zero-order chi connectivity index (χ0) is 20.9. The summed E-state index contributed by atoms with van der Waals surface area (Å²) in [5.74, 6) is 0.785. The maximum Gasteiger partial charge on any atom is 0.307 e. The molecule has 0 spiro atoms. The largest absolute Gasteiger partial charge is 0.493 e. The fraction of sp³-hybridized carbons (Fsp3) is 0.696. The monoisotopic (exact) mass is 394 g/mol. The van der Waals surface area contributed by atoms with Crippen molar-refractivity contribution in [2.24, 2.45) is 0 Å². The minimum atomic E-state index is -0.884. The van der Waals surface area contributed by atoms with Crippen LogP contribution in [0.1, 0.15) is 84.6 Å². The number of carbonyl (C=O) groups is 1. The quantitative estimate of drug-likeness (QED) is 0.369. The Balaban J connectivity index is 3.05. The van der Waals surface area contributed by atoms with Gasteiger partial charge in [-0.15, -0.1) is 0 Å². The summed E-state index contributed by atoms with van der Waals surface area (Å²) in [6.45, 7) is 8.45. The highest BCUT2D eigenvalue weighted by Gasteiger charge is 2.20. The number of hydrogen-bond acceptors (Lipinski definition) is 4. The zero-order valence-corrected chi connectivity index (χ0v) is 18.3. The first-order chi connectivity index (χ1) is 13.4. The zero-order valence-electron chi connectivity index (χ0n) is 18.3. The Kier molecular flexibility index (Phi) is 11.5. The van der Waals surface area contributed by atoms with Crippen molar-refractivity contribution in [1.29, 1.82) is 0 Å². The topological polar surface area (TPSA) is 65.0 Å². The van der Waals surface area contributed by atoms with Gasteiger partial charge in [0.1, 0.15) is 0 Å². The van der Waals surface area contributed by atoms with E-state index < -0.39 is 5.97 Å². The summed E-state index contributed by atoms with van der Waals surface area (Å²) in [4.78, 5) is 11.2. The van der Waals surface area contributed by atoms with Crippen molar-refractivity contribution in [3.63, 3.8) is 0 Å². The molecule has 0 heterocycles. The smallest absolute Gasteiger partial charge is 0.307 e. The van der Waals surface area contributed by atoms with Crippen LogP contribution in [0.4, 0.5) is 0 Å². The van der Waals surface area contributed by atoms with Crippen LogP contribution in [0.5, 0.6) is 17.2 Å². The van der Waals surface area contributed by atoms with Gasteiger partial charge in [0, 0.05) is 0 Å². The van der Waals surface area contributed by atoms with Gasteiger partial charge in [-0.3, -0.25) is 4.79 Å². The summed E-state index contributed by atoms with van der Waals surface area (Å²) in [7, 11) is 1.57. The van der Waals surface area contributed by atoms with E-state index in [1.165, 1.54) is 19.3 Å². The SMILES string of the molecule is CCCCCC(C)Oc1cc(CC(=O)O)cc(OC)c1OC(C)CCCCC. The molecule has 1 aromatic rings. The van der Waals surface area contributed by atoms with Crippen molar-refractivity contribution in [2.75, 3.05) is 7.11 Å². The molecule has 0 saturated carbocycles. The fourth-order valence-corrected chi connectivity index (χ4v) is 3.16. The van der Waals surface area contributed by atoms with Gasteiger partial charge >= 0.3 is 5.97 Å². The summed E-state index contributed by atoms with van der Waals surface area (Å²) in [6, 6.07) is 3.51. The average molecular weight is 395 g/mol. The lowest BCUT2D eigenvalue weighted by Crippen LogP contribution is -2.17. The van der Waals surface area contributed by atoms with Gasteiger partial charge in [0.05, 0.1) is 25.7 Å². The van der Waals surface area contributed by atoms with Crippen LogP contribution in [0.15, 0.2) is 12.1 Å². The summed E-state index contributed by atoms with van der Waals surface area (Å²) in [5, 5.41) is 9.17. The van der Waals surface area contributed by atoms with Gasteiger partial charge in [0.25, 0.3) is 0 Å². The van der Waals surface area contributed by atoms with E-state index in [9.17, 15) is 4.79 Å². The fourth-order valence-electron chi connectivity index (χ4n) is 3.16. The van der Waals surface area contributed by atoms with Gasteiger partial charge in [0.2, 0.25) is 5.75 Å². The highest BCUT2D eigenvalue weighted by atomic mass is 16.5. The van der Waals surface area contributed by atoms with E-state index in [0.717, 1.165) is 32.1 Å². The Morgan fingerprint density at radius 1 is 0.929 bits per heavy atom. The molecule has 0 aromatic heterocycles. The molecule has 5 nitrogen and oxygen atoms in total. The average Bonchev–Trinajstić information content (AvgIpc) is 2.63. The highest BCUT2D eigenvalue weighted by molar-refractivity contribution is 5.71. The molecule has 2 atom stereocenters. The molecule has 0 fully saturated rings. The van der Waals surface area contributed by atoms with E-state index in [1.807, 2.05) is 6.92 Å². The molecule has 0 aliphatic rings. The van der Waals surface area contributed by atoms with E-state index in [2.05, 4.69) is 20.8 Å². The molecule has 28 heavy (non-hydrogen) atoms. The molecule has 5 heteroatoms. The maximum atomic E-state index is 11.2. The Morgan fingerprint density at radius 3 is 1.96 bits per heavy atom.